The lowest BCUT2D eigenvalue weighted by atomic mass is 10.2. The van der Waals surface area contributed by atoms with Gasteiger partial charge in [-0.1, -0.05) is 46.8 Å². The number of halogens is 1. The summed E-state index contributed by atoms with van der Waals surface area (Å²) in [6, 6.07) is 7.79. The van der Waals surface area contributed by atoms with Gasteiger partial charge in [-0.15, -0.1) is 10.2 Å². The maximum atomic E-state index is 12.3. The molecule has 2 aromatic rings. The Hall–Kier alpha value is -1.51. The predicted octanol–water partition coefficient (Wildman–Crippen LogP) is 2.21. The quantitative estimate of drug-likeness (QED) is 0.833. The lowest BCUT2D eigenvalue weighted by Gasteiger charge is -2.36. The Kier molecular flexibility index (Phi) is 5.24. The molecule has 0 atom stereocenters. The smallest absolute Gasteiger partial charge is 0.233 e. The van der Waals surface area contributed by atoms with Gasteiger partial charge in [-0.3, -0.25) is 4.79 Å². The molecule has 2 N–H and O–H groups in total. The molecule has 1 aromatic heterocycles. The van der Waals surface area contributed by atoms with Crippen LogP contribution in [0.5, 0.6) is 0 Å². The van der Waals surface area contributed by atoms with Crippen molar-refractivity contribution in [2.45, 2.75) is 4.34 Å². The summed E-state index contributed by atoms with van der Waals surface area (Å²) in [4.78, 5) is 16.4. The summed E-state index contributed by atoms with van der Waals surface area (Å²) in [7, 11) is 0. The SMILES string of the molecule is Nc1nnc(SCC(=O)N2CCN(c3ccccc3Cl)CC2)s1. The standard InChI is InChI=1S/C14H16ClN5OS2/c15-10-3-1-2-4-11(10)19-5-7-20(8-6-19)12(21)9-22-14-18-17-13(16)23-14/h1-4H,5-9H2,(H2,16,17). The monoisotopic (exact) mass is 369 g/mol. The Morgan fingerprint density at radius 1 is 1.26 bits per heavy atom. The first-order valence-corrected chi connectivity index (χ1v) is 9.30. The van der Waals surface area contributed by atoms with Gasteiger partial charge in [-0.2, -0.15) is 0 Å². The fourth-order valence-corrected chi connectivity index (χ4v) is 4.19. The molecule has 9 heteroatoms. The number of carbonyl (C=O) groups excluding carboxylic acids is 1. The number of hydrogen-bond acceptors (Lipinski definition) is 7. The van der Waals surface area contributed by atoms with Crippen LogP contribution in [0.1, 0.15) is 0 Å². The summed E-state index contributed by atoms with van der Waals surface area (Å²) in [5, 5.41) is 8.82. The van der Waals surface area contributed by atoms with Crippen LogP contribution in [0.3, 0.4) is 0 Å². The Balaban J connectivity index is 1.50. The van der Waals surface area contributed by atoms with Crippen molar-refractivity contribution < 1.29 is 4.79 Å². The first kappa shape index (κ1) is 16.4. The van der Waals surface area contributed by atoms with Gasteiger partial charge in [0.15, 0.2) is 4.34 Å². The summed E-state index contributed by atoms with van der Waals surface area (Å²) in [5.41, 5.74) is 6.56. The Morgan fingerprint density at radius 3 is 2.65 bits per heavy atom. The summed E-state index contributed by atoms with van der Waals surface area (Å²) in [5.74, 6) is 0.475. The highest BCUT2D eigenvalue weighted by atomic mass is 35.5. The Bertz CT molecular complexity index is 687. The highest BCUT2D eigenvalue weighted by Gasteiger charge is 2.22. The number of nitrogens with two attached hydrogens (primary N) is 1. The van der Waals surface area contributed by atoms with Gasteiger partial charge in [-0.25, -0.2) is 0 Å². The minimum Gasteiger partial charge on any atom is -0.374 e. The number of para-hydroxylation sites is 1. The van der Waals surface area contributed by atoms with Crippen LogP contribution in [0.2, 0.25) is 5.02 Å². The number of nitrogens with zero attached hydrogens (tertiary/aromatic N) is 4. The van der Waals surface area contributed by atoms with Crippen LogP contribution in [0.25, 0.3) is 0 Å². The van der Waals surface area contributed by atoms with E-state index < -0.39 is 0 Å². The average molecular weight is 370 g/mol. The summed E-state index contributed by atoms with van der Waals surface area (Å²) in [6.45, 7) is 2.96. The largest absolute Gasteiger partial charge is 0.374 e. The van der Waals surface area contributed by atoms with Gasteiger partial charge in [0, 0.05) is 26.2 Å². The van der Waals surface area contributed by atoms with Crippen molar-refractivity contribution in [1.82, 2.24) is 15.1 Å². The average Bonchev–Trinajstić information content (AvgIpc) is 2.99. The first-order chi connectivity index (χ1) is 11.1. The van der Waals surface area contributed by atoms with Gasteiger partial charge in [-0.05, 0) is 12.1 Å². The summed E-state index contributed by atoms with van der Waals surface area (Å²) >= 11 is 8.91. The molecule has 1 amide bonds. The number of anilines is 2. The molecule has 6 nitrogen and oxygen atoms in total. The normalized spacial score (nSPS) is 15.0. The molecule has 1 fully saturated rings. The van der Waals surface area contributed by atoms with E-state index in [4.69, 9.17) is 17.3 Å². The van der Waals surface area contributed by atoms with Crippen LogP contribution >= 0.6 is 34.7 Å². The lowest BCUT2D eigenvalue weighted by molar-refractivity contribution is -0.128. The highest BCUT2D eigenvalue weighted by Crippen LogP contribution is 2.27. The number of amides is 1. The van der Waals surface area contributed by atoms with E-state index in [2.05, 4.69) is 15.1 Å². The zero-order valence-electron chi connectivity index (χ0n) is 12.3. The van der Waals surface area contributed by atoms with E-state index in [0.717, 1.165) is 28.1 Å². The number of benzene rings is 1. The maximum absolute atomic E-state index is 12.3. The molecule has 0 bridgehead atoms. The molecule has 1 aromatic carbocycles. The molecule has 23 heavy (non-hydrogen) atoms. The number of hydrogen-bond donors (Lipinski definition) is 1. The number of carbonyl (C=O) groups is 1. The molecule has 122 valence electrons. The van der Waals surface area contributed by atoms with Crippen molar-refractivity contribution in [2.24, 2.45) is 0 Å². The topological polar surface area (TPSA) is 75.3 Å². The third kappa shape index (κ3) is 4.07. The molecule has 0 radical (unpaired) electrons. The second kappa shape index (κ2) is 7.37. The zero-order valence-corrected chi connectivity index (χ0v) is 14.7. The molecule has 1 aliphatic heterocycles. The van der Waals surface area contributed by atoms with E-state index in [1.54, 1.807) is 0 Å². The number of rotatable bonds is 4. The van der Waals surface area contributed by atoms with E-state index in [1.165, 1.54) is 23.1 Å². The van der Waals surface area contributed by atoms with Crippen molar-refractivity contribution in [3.05, 3.63) is 29.3 Å². The van der Waals surface area contributed by atoms with E-state index in [9.17, 15) is 4.79 Å². The molecule has 1 saturated heterocycles. The Morgan fingerprint density at radius 2 is 2.00 bits per heavy atom. The second-order valence-electron chi connectivity index (χ2n) is 5.01. The second-order valence-corrected chi connectivity index (χ2v) is 7.65. The third-order valence-electron chi connectivity index (χ3n) is 3.57. The van der Waals surface area contributed by atoms with Crippen molar-refractivity contribution in [2.75, 3.05) is 42.6 Å². The van der Waals surface area contributed by atoms with Gasteiger partial charge in [0.1, 0.15) is 0 Å². The van der Waals surface area contributed by atoms with Gasteiger partial charge in [0.25, 0.3) is 0 Å². The molecule has 0 spiro atoms. The molecule has 0 saturated carbocycles. The van der Waals surface area contributed by atoms with E-state index in [-0.39, 0.29) is 5.91 Å². The summed E-state index contributed by atoms with van der Waals surface area (Å²) in [6.07, 6.45) is 0. The Labute approximate surface area is 147 Å². The summed E-state index contributed by atoms with van der Waals surface area (Å²) < 4.78 is 0.727. The zero-order chi connectivity index (χ0) is 16.2. The van der Waals surface area contributed by atoms with E-state index in [1.807, 2.05) is 29.2 Å². The first-order valence-electron chi connectivity index (χ1n) is 7.12. The molecule has 2 heterocycles. The van der Waals surface area contributed by atoms with Gasteiger partial charge in [0.05, 0.1) is 16.5 Å². The molecular formula is C14H16ClN5OS2. The van der Waals surface area contributed by atoms with E-state index >= 15 is 0 Å². The van der Waals surface area contributed by atoms with Crippen LogP contribution in [-0.4, -0.2) is 52.9 Å². The lowest BCUT2D eigenvalue weighted by Crippen LogP contribution is -2.49. The van der Waals surface area contributed by atoms with Crippen molar-refractivity contribution in [3.8, 4) is 0 Å². The van der Waals surface area contributed by atoms with Crippen molar-refractivity contribution in [3.63, 3.8) is 0 Å². The maximum Gasteiger partial charge on any atom is 0.233 e. The minimum absolute atomic E-state index is 0.114. The molecule has 3 rings (SSSR count). The number of piperazine rings is 1. The number of thioether (sulfide) groups is 1. The molecule has 0 aliphatic carbocycles. The molecule has 1 aliphatic rings. The fourth-order valence-electron chi connectivity index (χ4n) is 2.40. The van der Waals surface area contributed by atoms with Gasteiger partial charge < -0.3 is 15.5 Å². The van der Waals surface area contributed by atoms with Gasteiger partial charge in [0.2, 0.25) is 11.0 Å². The fraction of sp³-hybridized carbons (Fsp3) is 0.357. The molecular weight excluding hydrogens is 354 g/mol. The van der Waals surface area contributed by atoms with Crippen LogP contribution in [0.4, 0.5) is 10.8 Å². The number of nitrogen functional groups attached to an aromatic ring is 1. The van der Waals surface area contributed by atoms with E-state index in [0.29, 0.717) is 24.0 Å². The van der Waals surface area contributed by atoms with Gasteiger partial charge >= 0.3 is 0 Å². The van der Waals surface area contributed by atoms with Crippen LogP contribution in [0.15, 0.2) is 28.6 Å². The van der Waals surface area contributed by atoms with Crippen molar-refractivity contribution in [1.29, 1.82) is 0 Å². The number of aromatic nitrogens is 2. The predicted molar refractivity (Wildman–Crippen MR) is 95.3 cm³/mol. The van der Waals surface area contributed by atoms with Crippen LogP contribution in [-0.2, 0) is 4.79 Å². The highest BCUT2D eigenvalue weighted by molar-refractivity contribution is 8.01. The minimum atomic E-state index is 0.114. The van der Waals surface area contributed by atoms with Crippen LogP contribution < -0.4 is 10.6 Å². The van der Waals surface area contributed by atoms with Crippen LogP contribution in [0, 0.1) is 0 Å². The molecule has 0 unspecified atom stereocenters. The van der Waals surface area contributed by atoms with Crippen molar-refractivity contribution >= 4 is 51.4 Å². The third-order valence-corrected chi connectivity index (χ3v) is 5.76.